The first-order chi connectivity index (χ1) is 8.95. The van der Waals surface area contributed by atoms with Crippen LogP contribution in [0.15, 0.2) is 48.1 Å². The quantitative estimate of drug-likeness (QED) is 0.372. The number of Topliss-reactive ketones (excluding diaryl/α,β-unsaturated/α-hetero) is 1. The van der Waals surface area contributed by atoms with Crippen LogP contribution >= 0.6 is 0 Å². The van der Waals surface area contributed by atoms with Gasteiger partial charge in [-0.05, 0) is 52.9 Å². The van der Waals surface area contributed by atoms with Gasteiger partial charge in [0.05, 0.1) is 0 Å². The summed E-state index contributed by atoms with van der Waals surface area (Å²) in [5, 5.41) is 0. The lowest BCUT2D eigenvalue weighted by Gasteiger charge is -2.02. The third-order valence-corrected chi connectivity index (χ3v) is 3.15. The Morgan fingerprint density at radius 2 is 1.42 bits per heavy atom. The zero-order valence-electron chi connectivity index (χ0n) is 12.8. The van der Waals surface area contributed by atoms with Gasteiger partial charge in [-0.15, -0.1) is 0 Å². The van der Waals surface area contributed by atoms with E-state index in [4.69, 9.17) is 0 Å². The highest BCUT2D eigenvalue weighted by atomic mass is 16.1. The smallest absolute Gasteiger partial charge is 0.130 e. The number of ketones is 1. The molecule has 0 atom stereocenters. The van der Waals surface area contributed by atoms with Gasteiger partial charge in [0.15, 0.2) is 0 Å². The Kier molecular flexibility index (Phi) is 9.78. The molecule has 0 spiro atoms. The van der Waals surface area contributed by atoms with Crippen LogP contribution in [0.4, 0.5) is 0 Å². The van der Waals surface area contributed by atoms with Crippen LogP contribution in [0.5, 0.6) is 0 Å². The summed E-state index contributed by atoms with van der Waals surface area (Å²) < 4.78 is 0. The summed E-state index contributed by atoms with van der Waals surface area (Å²) in [5.41, 5.74) is 3.85. The molecular weight excluding hydrogens is 232 g/mol. The first-order valence-corrected chi connectivity index (χ1v) is 7.06. The van der Waals surface area contributed by atoms with Crippen LogP contribution < -0.4 is 0 Å². The van der Waals surface area contributed by atoms with Crippen molar-refractivity contribution in [2.24, 2.45) is 0 Å². The van der Waals surface area contributed by atoms with Crippen LogP contribution in [-0.2, 0) is 4.79 Å². The molecular formula is C18H28O. The van der Waals surface area contributed by atoms with Gasteiger partial charge in [0.2, 0.25) is 0 Å². The van der Waals surface area contributed by atoms with Gasteiger partial charge in [0.1, 0.15) is 5.78 Å². The van der Waals surface area contributed by atoms with Gasteiger partial charge in [0, 0.05) is 6.42 Å². The minimum absolute atomic E-state index is 0.270. The van der Waals surface area contributed by atoms with Crippen LogP contribution in [-0.4, -0.2) is 5.78 Å². The van der Waals surface area contributed by atoms with E-state index in [2.05, 4.69) is 39.2 Å². The number of carbonyl (C=O) groups is 1. The standard InChI is InChI=1S/C18H28O/c1-6-15(2)9-7-10-16(3)11-8-12-17(4)13-14-18(5)19/h6,10,12H,1-2,7-9,11,13-14H2,3-5H3. The van der Waals surface area contributed by atoms with E-state index in [1.165, 1.54) is 11.1 Å². The van der Waals surface area contributed by atoms with Crippen molar-refractivity contribution in [1.82, 2.24) is 0 Å². The molecule has 0 radical (unpaired) electrons. The number of hydrogen-bond acceptors (Lipinski definition) is 1. The van der Waals surface area contributed by atoms with E-state index in [-0.39, 0.29) is 5.78 Å². The first kappa shape index (κ1) is 17.6. The van der Waals surface area contributed by atoms with Crippen molar-refractivity contribution in [2.45, 2.75) is 59.3 Å². The van der Waals surface area contributed by atoms with Gasteiger partial charge < -0.3 is 4.79 Å². The molecule has 0 bridgehead atoms. The highest BCUT2D eigenvalue weighted by Gasteiger charge is 1.95. The molecule has 0 unspecified atom stereocenters. The summed E-state index contributed by atoms with van der Waals surface area (Å²) in [6.45, 7) is 13.5. The van der Waals surface area contributed by atoms with Gasteiger partial charge in [0.25, 0.3) is 0 Å². The lowest BCUT2D eigenvalue weighted by molar-refractivity contribution is -0.116. The molecule has 0 aromatic rings. The van der Waals surface area contributed by atoms with Crippen molar-refractivity contribution in [3.05, 3.63) is 48.1 Å². The average molecular weight is 260 g/mol. The zero-order valence-corrected chi connectivity index (χ0v) is 12.8. The predicted molar refractivity (Wildman–Crippen MR) is 85.2 cm³/mol. The molecule has 0 saturated carbocycles. The number of rotatable bonds is 10. The Hall–Kier alpha value is -1.37. The van der Waals surface area contributed by atoms with E-state index in [9.17, 15) is 4.79 Å². The molecule has 0 aliphatic carbocycles. The van der Waals surface area contributed by atoms with Crippen LogP contribution in [0.3, 0.4) is 0 Å². The summed E-state index contributed by atoms with van der Waals surface area (Å²) in [4.78, 5) is 10.9. The molecule has 0 heterocycles. The lowest BCUT2D eigenvalue weighted by atomic mass is 10.0. The molecule has 19 heavy (non-hydrogen) atoms. The van der Waals surface area contributed by atoms with E-state index >= 15 is 0 Å². The highest BCUT2D eigenvalue weighted by Crippen LogP contribution is 2.12. The zero-order chi connectivity index (χ0) is 14.7. The second-order valence-corrected chi connectivity index (χ2v) is 5.24. The first-order valence-electron chi connectivity index (χ1n) is 7.06. The summed E-state index contributed by atoms with van der Waals surface area (Å²) in [5.74, 6) is 0.270. The number of hydrogen-bond donors (Lipinski definition) is 0. The lowest BCUT2D eigenvalue weighted by Crippen LogP contribution is -1.90. The molecule has 0 N–H and O–H groups in total. The maximum absolute atomic E-state index is 10.9. The van der Waals surface area contributed by atoms with Crippen molar-refractivity contribution in [1.29, 1.82) is 0 Å². The minimum atomic E-state index is 0.270. The third kappa shape index (κ3) is 11.5. The van der Waals surface area contributed by atoms with Crippen molar-refractivity contribution < 1.29 is 4.79 Å². The van der Waals surface area contributed by atoms with E-state index in [0.717, 1.165) is 37.7 Å². The average Bonchev–Trinajstić information content (AvgIpc) is 2.36. The second kappa shape index (κ2) is 10.5. The maximum Gasteiger partial charge on any atom is 0.130 e. The van der Waals surface area contributed by atoms with Gasteiger partial charge >= 0.3 is 0 Å². The molecule has 0 aromatic carbocycles. The molecule has 0 aliphatic heterocycles. The Morgan fingerprint density at radius 1 is 0.895 bits per heavy atom. The largest absolute Gasteiger partial charge is 0.300 e. The number of allylic oxidation sites excluding steroid dienone is 6. The van der Waals surface area contributed by atoms with Gasteiger partial charge in [-0.1, -0.05) is 48.1 Å². The van der Waals surface area contributed by atoms with Crippen LogP contribution in [0.25, 0.3) is 0 Å². The Labute approximate surface area is 118 Å². The highest BCUT2D eigenvalue weighted by molar-refractivity contribution is 5.75. The molecule has 0 aliphatic rings. The van der Waals surface area contributed by atoms with E-state index in [1.807, 2.05) is 6.08 Å². The summed E-state index contributed by atoms with van der Waals surface area (Å²) in [7, 11) is 0. The fourth-order valence-electron chi connectivity index (χ4n) is 1.73. The SMILES string of the molecule is C=CC(=C)CCC=C(C)CCC=C(C)CCC(C)=O. The Morgan fingerprint density at radius 3 is 1.95 bits per heavy atom. The molecule has 0 rings (SSSR count). The van der Waals surface area contributed by atoms with Crippen LogP contribution in [0.2, 0.25) is 0 Å². The van der Waals surface area contributed by atoms with Crippen molar-refractivity contribution >= 4 is 5.78 Å². The van der Waals surface area contributed by atoms with E-state index in [0.29, 0.717) is 6.42 Å². The molecule has 1 heteroatoms. The molecule has 0 amide bonds. The monoisotopic (exact) mass is 260 g/mol. The second-order valence-electron chi connectivity index (χ2n) is 5.24. The normalized spacial score (nSPS) is 12.4. The summed E-state index contributed by atoms with van der Waals surface area (Å²) in [6.07, 6.45) is 12.1. The topological polar surface area (TPSA) is 17.1 Å². The van der Waals surface area contributed by atoms with Gasteiger partial charge in [-0.2, -0.15) is 0 Å². The molecule has 0 aromatic heterocycles. The Balaban J connectivity index is 3.88. The van der Waals surface area contributed by atoms with Crippen molar-refractivity contribution in [2.75, 3.05) is 0 Å². The third-order valence-electron chi connectivity index (χ3n) is 3.15. The van der Waals surface area contributed by atoms with E-state index in [1.54, 1.807) is 6.92 Å². The molecule has 0 fully saturated rings. The molecule has 0 saturated heterocycles. The van der Waals surface area contributed by atoms with E-state index < -0.39 is 0 Å². The fraction of sp³-hybridized carbons (Fsp3) is 0.500. The maximum atomic E-state index is 10.9. The van der Waals surface area contributed by atoms with Gasteiger partial charge in [-0.25, -0.2) is 0 Å². The van der Waals surface area contributed by atoms with Crippen LogP contribution in [0, 0.1) is 0 Å². The van der Waals surface area contributed by atoms with Gasteiger partial charge in [-0.3, -0.25) is 0 Å². The summed E-state index contributed by atoms with van der Waals surface area (Å²) in [6, 6.07) is 0. The van der Waals surface area contributed by atoms with Crippen LogP contribution in [0.1, 0.15) is 59.3 Å². The molecule has 106 valence electrons. The fourth-order valence-corrected chi connectivity index (χ4v) is 1.73. The predicted octanol–water partition coefficient (Wildman–Crippen LogP) is 5.55. The number of carbonyl (C=O) groups excluding carboxylic acids is 1. The van der Waals surface area contributed by atoms with Crippen molar-refractivity contribution in [3.63, 3.8) is 0 Å². The Bertz CT molecular complexity index is 369. The van der Waals surface area contributed by atoms with Crippen molar-refractivity contribution in [3.8, 4) is 0 Å². The molecule has 1 nitrogen and oxygen atoms in total. The summed E-state index contributed by atoms with van der Waals surface area (Å²) >= 11 is 0. The minimum Gasteiger partial charge on any atom is -0.300 e.